The molecular formula is C12H16F6N2O4. The lowest BCUT2D eigenvalue weighted by Crippen LogP contribution is -2.71. The Balaban J connectivity index is 0.000000188. The maximum Gasteiger partial charge on any atom is 0.490 e. The molecule has 3 aliphatic rings. The molecule has 1 spiro atoms. The number of aliphatic carboxylic acids is 2. The van der Waals surface area contributed by atoms with Crippen molar-refractivity contribution >= 4 is 11.9 Å². The van der Waals surface area contributed by atoms with Crippen LogP contribution in [0.3, 0.4) is 0 Å². The molecule has 0 unspecified atom stereocenters. The van der Waals surface area contributed by atoms with E-state index in [-0.39, 0.29) is 0 Å². The molecule has 1 aliphatic carbocycles. The van der Waals surface area contributed by atoms with Gasteiger partial charge in [-0.05, 0) is 12.8 Å². The number of carbonyl (C=O) groups is 2. The van der Waals surface area contributed by atoms with Gasteiger partial charge in [0.25, 0.3) is 0 Å². The number of carboxylic acid groups (broad SMARTS) is 2. The van der Waals surface area contributed by atoms with Crippen molar-refractivity contribution in [2.45, 2.75) is 31.2 Å². The van der Waals surface area contributed by atoms with Crippen LogP contribution in [0.15, 0.2) is 0 Å². The Morgan fingerprint density at radius 2 is 1.25 bits per heavy atom. The lowest BCUT2D eigenvalue weighted by Gasteiger charge is -2.56. The molecule has 140 valence electrons. The summed E-state index contributed by atoms with van der Waals surface area (Å²) >= 11 is 0. The minimum atomic E-state index is -5.08. The fraction of sp³-hybridized carbons (Fsp3) is 0.833. The fourth-order valence-electron chi connectivity index (χ4n) is 2.22. The molecule has 0 aromatic heterocycles. The second kappa shape index (κ2) is 7.13. The maximum absolute atomic E-state index is 10.6. The molecule has 0 atom stereocenters. The summed E-state index contributed by atoms with van der Waals surface area (Å²) < 4.78 is 63.5. The predicted octanol–water partition coefficient (Wildman–Crippen LogP) is 1.32. The lowest BCUT2D eigenvalue weighted by molar-refractivity contribution is -0.193. The molecule has 6 nitrogen and oxygen atoms in total. The summed E-state index contributed by atoms with van der Waals surface area (Å²) in [6.45, 7) is 5.36. The summed E-state index contributed by atoms with van der Waals surface area (Å²) in [4.78, 5) is 20.4. The third-order valence-electron chi connectivity index (χ3n) is 3.63. The van der Waals surface area contributed by atoms with Gasteiger partial charge in [-0.3, -0.25) is 4.90 Å². The van der Waals surface area contributed by atoms with Crippen molar-refractivity contribution in [3.63, 3.8) is 0 Å². The number of carboxylic acids is 2. The minimum Gasteiger partial charge on any atom is -0.475 e. The topological polar surface area (TPSA) is 89.9 Å². The molecule has 2 aliphatic heterocycles. The first kappa shape index (κ1) is 20.5. The van der Waals surface area contributed by atoms with Gasteiger partial charge in [-0.15, -0.1) is 0 Å². The molecule has 3 rings (SSSR count). The number of nitrogens with zero attached hydrogens (tertiary/aromatic N) is 1. The minimum absolute atomic E-state index is 0.753. The SMILES string of the molecule is C1CC1N1CC2(CNC2)C1.O=C(O)C(F)(F)F.O=C(O)C(F)(F)F. The molecule has 0 bridgehead atoms. The molecule has 3 N–H and O–H groups in total. The highest BCUT2D eigenvalue weighted by Crippen LogP contribution is 2.41. The number of rotatable bonds is 1. The van der Waals surface area contributed by atoms with E-state index in [1.54, 1.807) is 0 Å². The Morgan fingerprint density at radius 1 is 0.917 bits per heavy atom. The smallest absolute Gasteiger partial charge is 0.475 e. The number of hydrogen-bond acceptors (Lipinski definition) is 4. The van der Waals surface area contributed by atoms with Crippen molar-refractivity contribution in [2.24, 2.45) is 5.41 Å². The third kappa shape index (κ3) is 6.15. The average molecular weight is 366 g/mol. The first-order valence-electron chi connectivity index (χ1n) is 6.82. The van der Waals surface area contributed by atoms with Crippen molar-refractivity contribution in [1.82, 2.24) is 10.2 Å². The average Bonchev–Trinajstić information content (AvgIpc) is 3.08. The van der Waals surface area contributed by atoms with E-state index in [4.69, 9.17) is 19.8 Å². The van der Waals surface area contributed by atoms with Crippen molar-refractivity contribution in [2.75, 3.05) is 26.2 Å². The van der Waals surface area contributed by atoms with Gasteiger partial charge in [0.1, 0.15) is 0 Å². The van der Waals surface area contributed by atoms with Crippen LogP contribution in [0.1, 0.15) is 12.8 Å². The van der Waals surface area contributed by atoms with Gasteiger partial charge in [-0.25, -0.2) is 9.59 Å². The molecule has 24 heavy (non-hydrogen) atoms. The number of alkyl halides is 6. The molecule has 0 aromatic rings. The van der Waals surface area contributed by atoms with Gasteiger partial charge in [0, 0.05) is 37.6 Å². The van der Waals surface area contributed by atoms with Crippen LogP contribution in [0, 0.1) is 5.41 Å². The van der Waals surface area contributed by atoms with E-state index in [1.807, 2.05) is 0 Å². The van der Waals surface area contributed by atoms with E-state index in [1.165, 1.54) is 39.0 Å². The summed E-state index contributed by atoms with van der Waals surface area (Å²) in [5.41, 5.74) is 0.753. The second-order valence-corrected chi connectivity index (χ2v) is 5.85. The molecule has 2 heterocycles. The Kier molecular flexibility index (Phi) is 6.09. The summed E-state index contributed by atoms with van der Waals surface area (Å²) in [7, 11) is 0. The largest absolute Gasteiger partial charge is 0.490 e. The van der Waals surface area contributed by atoms with Gasteiger partial charge in [-0.2, -0.15) is 26.3 Å². The summed E-state index contributed by atoms with van der Waals surface area (Å²) in [5, 5.41) is 17.6. The van der Waals surface area contributed by atoms with E-state index in [2.05, 4.69) is 10.2 Å². The molecule has 0 aromatic carbocycles. The highest BCUT2D eigenvalue weighted by atomic mass is 19.4. The van der Waals surface area contributed by atoms with E-state index >= 15 is 0 Å². The van der Waals surface area contributed by atoms with Crippen LogP contribution in [0.25, 0.3) is 0 Å². The van der Waals surface area contributed by atoms with Crippen LogP contribution in [-0.2, 0) is 9.59 Å². The van der Waals surface area contributed by atoms with Gasteiger partial charge in [0.15, 0.2) is 0 Å². The van der Waals surface area contributed by atoms with Gasteiger partial charge < -0.3 is 15.5 Å². The highest BCUT2D eigenvalue weighted by molar-refractivity contribution is 5.73. The highest BCUT2D eigenvalue weighted by Gasteiger charge is 2.51. The lowest BCUT2D eigenvalue weighted by atomic mass is 9.74. The second-order valence-electron chi connectivity index (χ2n) is 5.85. The number of halogens is 6. The van der Waals surface area contributed by atoms with Crippen molar-refractivity contribution < 1.29 is 46.1 Å². The Labute approximate surface area is 132 Å². The fourth-order valence-corrected chi connectivity index (χ4v) is 2.22. The first-order valence-corrected chi connectivity index (χ1v) is 6.82. The van der Waals surface area contributed by atoms with Gasteiger partial charge in [0.05, 0.1) is 0 Å². The maximum atomic E-state index is 10.6. The van der Waals surface area contributed by atoms with Crippen LogP contribution in [0.2, 0.25) is 0 Å². The molecular weight excluding hydrogens is 350 g/mol. The molecule has 1 saturated carbocycles. The number of hydrogen-bond donors (Lipinski definition) is 3. The molecule has 3 fully saturated rings. The standard InChI is InChI=1S/C8H14N2.2C2HF3O2/c1-2-7(1)10-5-8(6-10)3-9-4-8;2*3-2(4,5)1(6)7/h7,9H,1-6H2;2*(H,6,7). The zero-order valence-corrected chi connectivity index (χ0v) is 12.2. The zero-order valence-electron chi connectivity index (χ0n) is 12.2. The van der Waals surface area contributed by atoms with Crippen LogP contribution in [-0.4, -0.2) is 71.6 Å². The normalized spacial score (nSPS) is 22.1. The summed E-state index contributed by atoms with van der Waals surface area (Å²) in [5.74, 6) is -5.51. The number of likely N-dealkylation sites (tertiary alicyclic amines) is 1. The van der Waals surface area contributed by atoms with Crippen molar-refractivity contribution in [3.05, 3.63) is 0 Å². The molecule has 12 heteroatoms. The monoisotopic (exact) mass is 366 g/mol. The summed E-state index contributed by atoms with van der Waals surface area (Å²) in [6.07, 6.45) is -7.22. The predicted molar refractivity (Wildman–Crippen MR) is 67.3 cm³/mol. The van der Waals surface area contributed by atoms with Crippen molar-refractivity contribution in [3.8, 4) is 0 Å². The molecule has 2 saturated heterocycles. The summed E-state index contributed by atoms with van der Waals surface area (Å²) in [6, 6.07) is 1.01. The van der Waals surface area contributed by atoms with Gasteiger partial charge in [-0.1, -0.05) is 0 Å². The van der Waals surface area contributed by atoms with E-state index in [0.29, 0.717) is 0 Å². The quantitative estimate of drug-likeness (QED) is 0.607. The Bertz CT molecular complexity index is 439. The third-order valence-corrected chi connectivity index (χ3v) is 3.63. The number of nitrogens with one attached hydrogen (secondary N) is 1. The van der Waals surface area contributed by atoms with Crippen LogP contribution in [0.4, 0.5) is 26.3 Å². The van der Waals surface area contributed by atoms with Crippen LogP contribution >= 0.6 is 0 Å². The molecule has 0 radical (unpaired) electrons. The van der Waals surface area contributed by atoms with E-state index in [9.17, 15) is 26.3 Å². The van der Waals surface area contributed by atoms with Gasteiger partial charge >= 0.3 is 24.3 Å². The Hall–Kier alpha value is -1.56. The van der Waals surface area contributed by atoms with Gasteiger partial charge in [0.2, 0.25) is 0 Å². The van der Waals surface area contributed by atoms with Crippen LogP contribution in [0.5, 0.6) is 0 Å². The Morgan fingerprint density at radius 3 is 1.42 bits per heavy atom. The van der Waals surface area contributed by atoms with Crippen molar-refractivity contribution in [1.29, 1.82) is 0 Å². The van der Waals surface area contributed by atoms with E-state index < -0.39 is 24.3 Å². The molecule has 0 amide bonds. The first-order chi connectivity index (χ1) is 10.8. The van der Waals surface area contributed by atoms with Crippen LogP contribution < -0.4 is 5.32 Å². The van der Waals surface area contributed by atoms with E-state index in [0.717, 1.165) is 11.5 Å². The zero-order chi connectivity index (χ0) is 18.8.